The topological polar surface area (TPSA) is 45.8 Å². The van der Waals surface area contributed by atoms with Gasteiger partial charge in [-0.1, -0.05) is 40.9 Å². The molecule has 0 aromatic heterocycles. The van der Waals surface area contributed by atoms with Crippen LogP contribution < -0.4 is 20.1 Å². The molecular formula is C21H26Cl3N3O2. The molecule has 0 aliphatic carbocycles. The molecule has 1 heterocycles. The predicted molar refractivity (Wildman–Crippen MR) is 120 cm³/mol. The van der Waals surface area contributed by atoms with Crippen LogP contribution in [0.2, 0.25) is 15.1 Å². The van der Waals surface area contributed by atoms with Gasteiger partial charge in [0.2, 0.25) is 0 Å². The van der Waals surface area contributed by atoms with Gasteiger partial charge in [0.25, 0.3) is 0 Å². The molecule has 1 aliphatic heterocycles. The molecule has 2 aromatic carbocycles. The van der Waals surface area contributed by atoms with E-state index in [0.717, 1.165) is 44.8 Å². The van der Waals surface area contributed by atoms with Gasteiger partial charge in [-0.25, -0.2) is 0 Å². The monoisotopic (exact) mass is 457 g/mol. The van der Waals surface area contributed by atoms with Crippen molar-refractivity contribution in [3.8, 4) is 11.5 Å². The van der Waals surface area contributed by atoms with Gasteiger partial charge < -0.3 is 20.1 Å². The summed E-state index contributed by atoms with van der Waals surface area (Å²) in [4.78, 5) is 2.45. The number of halogens is 3. The maximum Gasteiger partial charge on any atom is 0.180 e. The van der Waals surface area contributed by atoms with Gasteiger partial charge in [0, 0.05) is 61.4 Å². The van der Waals surface area contributed by atoms with Gasteiger partial charge in [0.05, 0.1) is 12.1 Å². The van der Waals surface area contributed by atoms with Crippen molar-refractivity contribution in [2.45, 2.75) is 13.2 Å². The zero-order valence-electron chi connectivity index (χ0n) is 16.4. The highest BCUT2D eigenvalue weighted by Gasteiger charge is 2.15. The Kier molecular flexibility index (Phi) is 8.72. The average molecular weight is 459 g/mol. The average Bonchev–Trinajstić information content (AvgIpc) is 2.72. The largest absolute Gasteiger partial charge is 0.493 e. The van der Waals surface area contributed by atoms with Crippen LogP contribution in [0.15, 0.2) is 30.3 Å². The summed E-state index contributed by atoms with van der Waals surface area (Å²) in [7, 11) is 1.60. The minimum absolute atomic E-state index is 0.205. The van der Waals surface area contributed by atoms with E-state index in [9.17, 15) is 0 Å². The molecule has 2 aromatic rings. The van der Waals surface area contributed by atoms with Crippen molar-refractivity contribution in [2.24, 2.45) is 0 Å². The molecule has 1 aliphatic rings. The van der Waals surface area contributed by atoms with E-state index in [1.165, 1.54) is 0 Å². The van der Waals surface area contributed by atoms with Gasteiger partial charge in [0.1, 0.15) is 6.61 Å². The maximum absolute atomic E-state index is 6.48. The van der Waals surface area contributed by atoms with Crippen LogP contribution in [0.5, 0.6) is 11.5 Å². The number of ether oxygens (including phenoxy) is 2. The second-order valence-corrected chi connectivity index (χ2v) is 8.09. The normalized spacial score (nSPS) is 14.8. The zero-order chi connectivity index (χ0) is 20.6. The lowest BCUT2D eigenvalue weighted by Crippen LogP contribution is -2.45. The third-order valence-electron chi connectivity index (χ3n) is 4.86. The molecule has 3 rings (SSSR count). The molecule has 0 spiro atoms. The Bertz CT molecular complexity index is 794. The van der Waals surface area contributed by atoms with E-state index >= 15 is 0 Å². The second-order valence-electron chi connectivity index (χ2n) is 6.87. The summed E-state index contributed by atoms with van der Waals surface area (Å²) in [6.07, 6.45) is 0. The Balaban J connectivity index is 1.58. The lowest BCUT2D eigenvalue weighted by molar-refractivity contribution is 0.241. The Labute approximate surface area is 187 Å². The van der Waals surface area contributed by atoms with Crippen molar-refractivity contribution in [3.63, 3.8) is 0 Å². The number of hydrogen-bond donors (Lipinski definition) is 2. The fourth-order valence-corrected chi connectivity index (χ4v) is 4.03. The van der Waals surface area contributed by atoms with Crippen molar-refractivity contribution in [3.05, 3.63) is 56.5 Å². The number of benzene rings is 2. The van der Waals surface area contributed by atoms with Gasteiger partial charge in [-0.2, -0.15) is 0 Å². The molecule has 0 amide bonds. The first kappa shape index (κ1) is 22.5. The summed E-state index contributed by atoms with van der Waals surface area (Å²) in [5, 5.41) is 8.43. The van der Waals surface area contributed by atoms with Crippen LogP contribution >= 0.6 is 34.8 Å². The summed E-state index contributed by atoms with van der Waals surface area (Å²) in [6.45, 7) is 7.19. The van der Waals surface area contributed by atoms with E-state index in [2.05, 4.69) is 15.5 Å². The number of nitrogens with one attached hydrogen (secondary N) is 2. The third-order valence-corrected chi connectivity index (χ3v) is 5.84. The van der Waals surface area contributed by atoms with Crippen molar-refractivity contribution in [2.75, 3.05) is 46.4 Å². The number of hydrogen-bond acceptors (Lipinski definition) is 5. The van der Waals surface area contributed by atoms with Crippen LogP contribution in [0.4, 0.5) is 0 Å². The predicted octanol–water partition coefficient (Wildman–Crippen LogP) is 4.23. The zero-order valence-corrected chi connectivity index (χ0v) is 18.7. The molecule has 2 N–H and O–H groups in total. The highest BCUT2D eigenvalue weighted by atomic mass is 35.5. The Morgan fingerprint density at radius 3 is 2.48 bits per heavy atom. The molecular weight excluding hydrogens is 433 g/mol. The van der Waals surface area contributed by atoms with E-state index in [4.69, 9.17) is 44.3 Å². The Morgan fingerprint density at radius 2 is 1.79 bits per heavy atom. The Morgan fingerprint density at radius 1 is 1.07 bits per heavy atom. The van der Waals surface area contributed by atoms with Gasteiger partial charge in [-0.3, -0.25) is 4.90 Å². The number of nitrogens with zero attached hydrogens (tertiary/aromatic N) is 1. The molecule has 0 saturated carbocycles. The molecule has 1 fully saturated rings. The lowest BCUT2D eigenvalue weighted by atomic mass is 10.2. The van der Waals surface area contributed by atoms with Gasteiger partial charge in [-0.15, -0.1) is 0 Å². The summed E-state index contributed by atoms with van der Waals surface area (Å²) in [5.74, 6) is 1.06. The summed E-state index contributed by atoms with van der Waals surface area (Å²) in [5.41, 5.74) is 1.75. The van der Waals surface area contributed by atoms with E-state index in [1.807, 2.05) is 12.1 Å². The molecule has 29 heavy (non-hydrogen) atoms. The van der Waals surface area contributed by atoms with E-state index < -0.39 is 0 Å². The lowest BCUT2D eigenvalue weighted by Gasteiger charge is -2.27. The molecule has 5 nitrogen and oxygen atoms in total. The first-order chi connectivity index (χ1) is 14.1. The van der Waals surface area contributed by atoms with Gasteiger partial charge in [0.15, 0.2) is 11.5 Å². The van der Waals surface area contributed by atoms with Crippen molar-refractivity contribution >= 4 is 34.8 Å². The van der Waals surface area contributed by atoms with E-state index in [0.29, 0.717) is 38.7 Å². The molecule has 8 heteroatoms. The summed E-state index contributed by atoms with van der Waals surface area (Å²) < 4.78 is 11.4. The van der Waals surface area contributed by atoms with Crippen LogP contribution in [0.3, 0.4) is 0 Å². The Hall–Kier alpha value is -1.21. The molecule has 0 bridgehead atoms. The van der Waals surface area contributed by atoms with Crippen LogP contribution in [0.1, 0.15) is 11.1 Å². The highest BCUT2D eigenvalue weighted by Crippen LogP contribution is 2.38. The van der Waals surface area contributed by atoms with Crippen molar-refractivity contribution in [1.29, 1.82) is 0 Å². The minimum atomic E-state index is 0.205. The number of methoxy groups -OCH3 is 1. The first-order valence-corrected chi connectivity index (χ1v) is 10.8. The maximum atomic E-state index is 6.48. The van der Waals surface area contributed by atoms with E-state index in [1.54, 1.807) is 25.3 Å². The van der Waals surface area contributed by atoms with Crippen LogP contribution in [-0.2, 0) is 13.2 Å². The van der Waals surface area contributed by atoms with Gasteiger partial charge >= 0.3 is 0 Å². The number of rotatable bonds is 9. The summed E-state index contributed by atoms with van der Waals surface area (Å²) in [6, 6.07) is 9.19. The van der Waals surface area contributed by atoms with Crippen LogP contribution in [0, 0.1) is 0 Å². The minimum Gasteiger partial charge on any atom is -0.493 e. The van der Waals surface area contributed by atoms with Gasteiger partial charge in [-0.05, 0) is 29.8 Å². The quantitative estimate of drug-likeness (QED) is 0.551. The molecule has 1 saturated heterocycles. The highest BCUT2D eigenvalue weighted by molar-refractivity contribution is 6.36. The first-order valence-electron chi connectivity index (χ1n) is 9.64. The standard InChI is InChI=1S/C21H26Cl3N3O2/c1-28-20-12-15(13-26-7-10-27-8-5-25-6-9-27)11-19(24)21(20)29-14-16-17(22)3-2-4-18(16)23/h2-4,11-12,25-26H,5-10,13-14H2,1H3. The SMILES string of the molecule is COc1cc(CNCCN2CCNCC2)cc(Cl)c1OCc1c(Cl)cccc1Cl. The second kappa shape index (κ2) is 11.3. The van der Waals surface area contributed by atoms with Crippen molar-refractivity contribution < 1.29 is 9.47 Å². The number of piperazine rings is 1. The van der Waals surface area contributed by atoms with Crippen LogP contribution in [-0.4, -0.2) is 51.3 Å². The third kappa shape index (κ3) is 6.38. The molecule has 158 valence electrons. The summed E-state index contributed by atoms with van der Waals surface area (Å²) >= 11 is 18.9. The fraction of sp³-hybridized carbons (Fsp3) is 0.429. The van der Waals surface area contributed by atoms with E-state index in [-0.39, 0.29) is 6.61 Å². The smallest absolute Gasteiger partial charge is 0.180 e. The van der Waals surface area contributed by atoms with Crippen LogP contribution in [0.25, 0.3) is 0 Å². The molecule has 0 radical (unpaired) electrons. The molecule has 0 atom stereocenters. The molecule has 0 unspecified atom stereocenters. The van der Waals surface area contributed by atoms with Crippen molar-refractivity contribution in [1.82, 2.24) is 15.5 Å². The fourth-order valence-electron chi connectivity index (χ4n) is 3.23.